The molecule has 0 saturated heterocycles. The van der Waals surface area contributed by atoms with Gasteiger partial charge in [-0.05, 0) is 118 Å². The number of nitrogens with zero attached hydrogens (tertiary/aromatic N) is 2. The first-order valence-corrected chi connectivity index (χ1v) is 22.2. The number of hydrogen-bond donors (Lipinski definition) is 0. The van der Waals surface area contributed by atoms with E-state index in [0.717, 1.165) is 11.4 Å². The highest BCUT2D eigenvalue weighted by Gasteiger charge is 2.36. The molecule has 63 heavy (non-hydrogen) atoms. The molecule has 0 amide bonds. The number of fused-ring (bicyclic) bond motifs is 7. The smallest absolute Gasteiger partial charge is 0.0620 e. The van der Waals surface area contributed by atoms with Crippen LogP contribution in [0.1, 0.15) is 12.0 Å². The van der Waals surface area contributed by atoms with E-state index >= 15 is 0 Å². The first-order chi connectivity index (χ1) is 31.2. The molecule has 2 nitrogen and oxygen atoms in total. The van der Waals surface area contributed by atoms with Crippen molar-refractivity contribution in [2.45, 2.75) is 6.42 Å². The summed E-state index contributed by atoms with van der Waals surface area (Å²) < 4.78 is 5.02. The molecule has 9 aromatic carbocycles. The summed E-state index contributed by atoms with van der Waals surface area (Å²) in [5, 5.41) is 4.97. The average molecular weight is 803 g/mol. The SMILES string of the molecule is C1=CC2CC2C=C1c1cc(-c2ccccc2)cc2c3cccc(-c4ccc5c(c4)c4cc(-c6ccccc6)cc(-c6ccccc6)c4n5-c4ccccc4)c3n(-c3ccccc3)c12. The monoisotopic (exact) mass is 802 g/mol. The van der Waals surface area contributed by atoms with Crippen molar-refractivity contribution < 1.29 is 0 Å². The molecule has 2 heteroatoms. The van der Waals surface area contributed by atoms with Crippen LogP contribution in [-0.4, -0.2) is 9.13 Å². The summed E-state index contributed by atoms with van der Waals surface area (Å²) in [6, 6.07) is 78.1. The minimum atomic E-state index is 0.625. The lowest BCUT2D eigenvalue weighted by molar-refractivity contribution is 0.985. The molecule has 13 rings (SSSR count). The van der Waals surface area contributed by atoms with Gasteiger partial charge >= 0.3 is 0 Å². The maximum absolute atomic E-state index is 2.55. The molecule has 0 radical (unpaired) electrons. The standard InChI is InChI=1S/C61H42N2/c1-6-17-40(18-7-1)47-36-53(42-21-10-3-11-22-42)60-57(39-47)55-35-45(31-32-58(55)62(60)49-23-12-4-13-24-49)51-27-16-28-52-56-38-48(41-19-8-2-9-20-41)37-54(44-30-29-43-33-46(43)34-44)61(56)63(59(51)52)50-25-14-5-15-26-50/h1-32,34-39,43,46H,33H2. The molecule has 1 saturated carbocycles. The van der Waals surface area contributed by atoms with E-state index in [1.165, 1.54) is 106 Å². The topological polar surface area (TPSA) is 9.86 Å². The van der Waals surface area contributed by atoms with Crippen molar-refractivity contribution in [3.8, 4) is 55.9 Å². The minimum absolute atomic E-state index is 0.625. The van der Waals surface area contributed by atoms with Crippen LogP contribution >= 0.6 is 0 Å². The highest BCUT2D eigenvalue weighted by Crippen LogP contribution is 2.49. The summed E-state index contributed by atoms with van der Waals surface area (Å²) in [5.41, 5.74) is 19.4. The first-order valence-electron chi connectivity index (χ1n) is 22.2. The van der Waals surface area contributed by atoms with Gasteiger partial charge in [-0.15, -0.1) is 0 Å². The van der Waals surface area contributed by atoms with Crippen LogP contribution in [0.15, 0.2) is 231 Å². The van der Waals surface area contributed by atoms with Gasteiger partial charge in [0.15, 0.2) is 0 Å². The van der Waals surface area contributed by atoms with Crippen LogP contribution in [0.4, 0.5) is 0 Å². The first kappa shape index (κ1) is 35.8. The van der Waals surface area contributed by atoms with Gasteiger partial charge in [0.25, 0.3) is 0 Å². The van der Waals surface area contributed by atoms with Crippen molar-refractivity contribution >= 4 is 49.2 Å². The Kier molecular flexibility index (Phi) is 8.14. The van der Waals surface area contributed by atoms with Gasteiger partial charge in [0.1, 0.15) is 0 Å². The number of allylic oxidation sites excluding steroid dienone is 4. The van der Waals surface area contributed by atoms with Gasteiger partial charge in [0, 0.05) is 49.6 Å². The Hall–Kier alpha value is -7.94. The van der Waals surface area contributed by atoms with Crippen LogP contribution in [-0.2, 0) is 0 Å². The van der Waals surface area contributed by atoms with Gasteiger partial charge in [-0.1, -0.05) is 170 Å². The molecule has 2 aromatic heterocycles. The third kappa shape index (κ3) is 5.86. The second kappa shape index (κ2) is 14.3. The van der Waals surface area contributed by atoms with Crippen molar-refractivity contribution in [1.29, 1.82) is 0 Å². The number of hydrogen-bond acceptors (Lipinski definition) is 0. The lowest BCUT2D eigenvalue weighted by Gasteiger charge is -2.16. The van der Waals surface area contributed by atoms with E-state index in [-0.39, 0.29) is 0 Å². The Balaban J connectivity index is 1.14. The van der Waals surface area contributed by atoms with E-state index in [2.05, 4.69) is 240 Å². The van der Waals surface area contributed by atoms with Crippen LogP contribution in [0, 0.1) is 11.8 Å². The van der Waals surface area contributed by atoms with Crippen LogP contribution in [0.25, 0.3) is 105 Å². The van der Waals surface area contributed by atoms with Crippen LogP contribution in [0.2, 0.25) is 0 Å². The molecule has 2 unspecified atom stereocenters. The Bertz CT molecular complexity index is 3610. The fraction of sp³-hybridized carbons (Fsp3) is 0.0492. The van der Waals surface area contributed by atoms with Gasteiger partial charge in [-0.25, -0.2) is 0 Å². The largest absolute Gasteiger partial charge is 0.309 e. The van der Waals surface area contributed by atoms with Crippen molar-refractivity contribution in [3.05, 3.63) is 236 Å². The highest BCUT2D eigenvalue weighted by atomic mass is 15.0. The Morgan fingerprint density at radius 2 is 0.857 bits per heavy atom. The van der Waals surface area contributed by atoms with E-state index in [9.17, 15) is 0 Å². The molecule has 11 aromatic rings. The molecule has 0 spiro atoms. The Labute approximate surface area is 367 Å². The second-order valence-corrected chi connectivity index (χ2v) is 17.3. The van der Waals surface area contributed by atoms with Gasteiger partial charge in [-0.3, -0.25) is 0 Å². The van der Waals surface area contributed by atoms with E-state index < -0.39 is 0 Å². The molecule has 0 aliphatic heterocycles. The number of aromatic nitrogens is 2. The number of rotatable bonds is 7. The summed E-state index contributed by atoms with van der Waals surface area (Å²) in [5.74, 6) is 1.31. The van der Waals surface area contributed by atoms with Crippen molar-refractivity contribution in [2.24, 2.45) is 11.8 Å². The van der Waals surface area contributed by atoms with E-state index in [1.54, 1.807) is 0 Å². The number of para-hydroxylation sites is 3. The lowest BCUT2D eigenvalue weighted by Crippen LogP contribution is -1.99. The van der Waals surface area contributed by atoms with Crippen LogP contribution in [0.3, 0.4) is 0 Å². The molecule has 1 fully saturated rings. The predicted molar refractivity (Wildman–Crippen MR) is 266 cm³/mol. The minimum Gasteiger partial charge on any atom is -0.309 e. The normalized spacial score (nSPS) is 15.6. The highest BCUT2D eigenvalue weighted by molar-refractivity contribution is 6.20. The molecule has 2 heterocycles. The van der Waals surface area contributed by atoms with Crippen molar-refractivity contribution in [1.82, 2.24) is 9.13 Å². The molecular formula is C61H42N2. The molecular weight excluding hydrogens is 761 g/mol. The van der Waals surface area contributed by atoms with Crippen molar-refractivity contribution in [3.63, 3.8) is 0 Å². The van der Waals surface area contributed by atoms with Crippen LogP contribution < -0.4 is 0 Å². The fourth-order valence-electron chi connectivity index (χ4n) is 10.4. The molecule has 2 atom stereocenters. The summed E-state index contributed by atoms with van der Waals surface area (Å²) in [6.07, 6.45) is 8.60. The molecule has 2 aliphatic rings. The van der Waals surface area contributed by atoms with Gasteiger partial charge in [-0.2, -0.15) is 0 Å². The van der Waals surface area contributed by atoms with Gasteiger partial charge in [0.05, 0.1) is 22.1 Å². The Morgan fingerprint density at radius 1 is 0.333 bits per heavy atom. The summed E-state index contributed by atoms with van der Waals surface area (Å²) in [4.78, 5) is 0. The molecule has 296 valence electrons. The molecule has 0 bridgehead atoms. The fourth-order valence-corrected chi connectivity index (χ4v) is 10.4. The summed E-state index contributed by atoms with van der Waals surface area (Å²) in [7, 11) is 0. The maximum atomic E-state index is 2.55. The zero-order chi connectivity index (χ0) is 41.4. The van der Waals surface area contributed by atoms with E-state index in [1.807, 2.05) is 0 Å². The quantitative estimate of drug-likeness (QED) is 0.152. The van der Waals surface area contributed by atoms with Gasteiger partial charge in [0.2, 0.25) is 0 Å². The molecule has 2 aliphatic carbocycles. The summed E-state index contributed by atoms with van der Waals surface area (Å²) >= 11 is 0. The molecule has 0 N–H and O–H groups in total. The predicted octanol–water partition coefficient (Wildman–Crippen LogP) is 16.1. The maximum Gasteiger partial charge on any atom is 0.0620 e. The Morgan fingerprint density at radius 3 is 1.49 bits per heavy atom. The third-order valence-corrected chi connectivity index (χ3v) is 13.5. The zero-order valence-electron chi connectivity index (χ0n) is 34.7. The summed E-state index contributed by atoms with van der Waals surface area (Å²) in [6.45, 7) is 0. The lowest BCUT2D eigenvalue weighted by atomic mass is 9.92. The van der Waals surface area contributed by atoms with Crippen LogP contribution in [0.5, 0.6) is 0 Å². The third-order valence-electron chi connectivity index (χ3n) is 13.5. The van der Waals surface area contributed by atoms with Crippen molar-refractivity contribution in [2.75, 3.05) is 0 Å². The second-order valence-electron chi connectivity index (χ2n) is 17.3. The van der Waals surface area contributed by atoms with E-state index in [0.29, 0.717) is 11.8 Å². The van der Waals surface area contributed by atoms with Gasteiger partial charge < -0.3 is 9.13 Å². The van der Waals surface area contributed by atoms with E-state index in [4.69, 9.17) is 0 Å². The zero-order valence-corrected chi connectivity index (χ0v) is 34.7. The number of benzene rings is 9. The average Bonchev–Trinajstić information content (AvgIpc) is 3.97.